The maximum absolute atomic E-state index is 11.9. The Morgan fingerprint density at radius 3 is 1.30 bits per heavy atom. The molecule has 0 aliphatic carbocycles. The van der Waals surface area contributed by atoms with E-state index >= 15 is 0 Å². The molecule has 0 aromatic heterocycles. The van der Waals surface area contributed by atoms with Gasteiger partial charge in [0.25, 0.3) is 4.59 Å². The highest BCUT2D eigenvalue weighted by molar-refractivity contribution is 6.53. The van der Waals surface area contributed by atoms with Gasteiger partial charge in [0.2, 0.25) is 5.38 Å². The van der Waals surface area contributed by atoms with Crippen LogP contribution in [0.15, 0.2) is 0 Å². The lowest BCUT2D eigenvalue weighted by Gasteiger charge is -2.17. The summed E-state index contributed by atoms with van der Waals surface area (Å²) in [6, 6.07) is 0. The van der Waals surface area contributed by atoms with Crippen LogP contribution in [-0.2, 0) is 0 Å². The second-order valence-electron chi connectivity index (χ2n) is 1.31. The molecule has 0 atom stereocenters. The fourth-order valence-electron chi connectivity index (χ4n) is 0.161. The van der Waals surface area contributed by atoms with Crippen LogP contribution in [0.1, 0.15) is 0 Å². The third-order valence-electron chi connectivity index (χ3n) is 0.498. The van der Waals surface area contributed by atoms with Crippen LogP contribution in [0.4, 0.5) is 17.6 Å². The summed E-state index contributed by atoms with van der Waals surface area (Å²) >= 11 is 13.1. The lowest BCUT2D eigenvalue weighted by atomic mass is 10.4. The highest BCUT2D eigenvalue weighted by Gasteiger charge is 2.53. The molecule has 0 aliphatic heterocycles. The first-order chi connectivity index (χ1) is 4.15. The molecule has 0 saturated heterocycles. The van der Waals surface area contributed by atoms with Crippen LogP contribution in [-0.4, -0.2) is 10.8 Å². The second-order valence-corrected chi connectivity index (χ2v) is 2.92. The standard InChI is InChI=1S/C3Cl3F4/c4-1(2(5,6)7)3(8,9)10. The van der Waals surface area contributed by atoms with Gasteiger partial charge >= 0.3 is 6.18 Å². The van der Waals surface area contributed by atoms with Crippen LogP contribution in [0.2, 0.25) is 0 Å². The normalized spacial score (nSPS) is 14.4. The van der Waals surface area contributed by atoms with Crippen molar-refractivity contribution < 1.29 is 17.6 Å². The van der Waals surface area contributed by atoms with Crippen molar-refractivity contribution in [2.45, 2.75) is 10.8 Å². The zero-order valence-electron chi connectivity index (χ0n) is 4.15. The zero-order chi connectivity index (χ0) is 8.58. The Bertz CT molecular complexity index is 99.9. The molecule has 1 radical (unpaired) electrons. The maximum Gasteiger partial charge on any atom is 0.415 e. The van der Waals surface area contributed by atoms with E-state index in [1.807, 2.05) is 0 Å². The highest BCUT2D eigenvalue weighted by Crippen LogP contribution is 2.46. The van der Waals surface area contributed by atoms with Crippen molar-refractivity contribution in [2.75, 3.05) is 0 Å². The Labute approximate surface area is 69.0 Å². The summed E-state index contributed by atoms with van der Waals surface area (Å²) < 4.78 is 42.5. The average molecular weight is 218 g/mol. The number of alkyl halides is 6. The van der Waals surface area contributed by atoms with Crippen LogP contribution < -0.4 is 0 Å². The molecular weight excluding hydrogens is 218 g/mol. The van der Waals surface area contributed by atoms with Gasteiger partial charge in [0.05, 0.1) is 0 Å². The Hall–Kier alpha value is 0.590. The van der Waals surface area contributed by atoms with Crippen LogP contribution in [0.25, 0.3) is 0 Å². The molecule has 0 aliphatic rings. The second kappa shape index (κ2) is 2.91. The maximum atomic E-state index is 11.9. The predicted octanol–water partition coefficient (Wildman–Crippen LogP) is 3.42. The van der Waals surface area contributed by atoms with Gasteiger partial charge in [-0.05, 0) is 0 Å². The van der Waals surface area contributed by atoms with Crippen LogP contribution in [0, 0.1) is 5.38 Å². The van der Waals surface area contributed by atoms with Crippen molar-refractivity contribution >= 4 is 34.8 Å². The zero-order valence-corrected chi connectivity index (χ0v) is 6.41. The molecule has 0 saturated carbocycles. The summed E-state index contributed by atoms with van der Waals surface area (Å²) in [5.41, 5.74) is 0. The van der Waals surface area contributed by atoms with E-state index in [0.717, 1.165) is 0 Å². The Kier molecular flexibility index (Phi) is 3.08. The van der Waals surface area contributed by atoms with E-state index in [9.17, 15) is 17.6 Å². The molecule has 0 fully saturated rings. The topological polar surface area (TPSA) is 0 Å². The molecule has 0 bridgehead atoms. The number of halogens is 7. The van der Waals surface area contributed by atoms with Gasteiger partial charge in [0.1, 0.15) is 0 Å². The highest BCUT2D eigenvalue weighted by atomic mass is 35.5. The van der Waals surface area contributed by atoms with E-state index in [0.29, 0.717) is 0 Å². The van der Waals surface area contributed by atoms with Crippen molar-refractivity contribution in [1.29, 1.82) is 0 Å². The van der Waals surface area contributed by atoms with E-state index in [-0.39, 0.29) is 0 Å². The summed E-state index contributed by atoms with van der Waals surface area (Å²) in [5.74, 6) is 0. The monoisotopic (exact) mass is 217 g/mol. The van der Waals surface area contributed by atoms with Crippen LogP contribution in [0.5, 0.6) is 0 Å². The molecule has 0 heterocycles. The van der Waals surface area contributed by atoms with Crippen molar-refractivity contribution in [3.8, 4) is 0 Å². The van der Waals surface area contributed by atoms with E-state index in [2.05, 4.69) is 34.8 Å². The molecule has 0 spiro atoms. The summed E-state index contributed by atoms with van der Waals surface area (Å²) in [6.45, 7) is 0. The minimum Gasteiger partial charge on any atom is -0.206 e. The van der Waals surface area contributed by atoms with Gasteiger partial charge < -0.3 is 0 Å². The first-order valence-corrected chi connectivity index (χ1v) is 2.96. The van der Waals surface area contributed by atoms with E-state index in [1.165, 1.54) is 0 Å². The van der Waals surface area contributed by atoms with Gasteiger partial charge in [-0.15, -0.1) is 11.6 Å². The fourth-order valence-corrected chi connectivity index (χ4v) is 0.375. The first-order valence-electron chi connectivity index (χ1n) is 1.82. The van der Waals surface area contributed by atoms with Gasteiger partial charge in [0, 0.05) is 0 Å². The smallest absolute Gasteiger partial charge is 0.206 e. The van der Waals surface area contributed by atoms with Crippen molar-refractivity contribution in [1.82, 2.24) is 0 Å². The largest absolute Gasteiger partial charge is 0.415 e. The third-order valence-corrected chi connectivity index (χ3v) is 1.54. The molecular formula is C3Cl3F4. The SMILES string of the molecule is FC(F)(F)[C](Cl)C(F)(Cl)Cl. The van der Waals surface area contributed by atoms with E-state index in [4.69, 9.17) is 0 Å². The van der Waals surface area contributed by atoms with Crippen molar-refractivity contribution in [2.24, 2.45) is 0 Å². The van der Waals surface area contributed by atoms with Crippen molar-refractivity contribution in [3.05, 3.63) is 5.38 Å². The molecule has 0 N–H and O–H groups in total. The first kappa shape index (κ1) is 10.6. The summed E-state index contributed by atoms with van der Waals surface area (Å²) in [7, 11) is 0. The summed E-state index contributed by atoms with van der Waals surface area (Å²) in [4.78, 5) is 0. The molecule has 61 valence electrons. The number of hydrogen-bond donors (Lipinski definition) is 0. The number of hydrogen-bond acceptors (Lipinski definition) is 0. The lowest BCUT2D eigenvalue weighted by Crippen LogP contribution is -2.27. The van der Waals surface area contributed by atoms with Gasteiger partial charge in [-0.2, -0.15) is 13.2 Å². The Balaban J connectivity index is 4.23. The quantitative estimate of drug-likeness (QED) is 0.467. The van der Waals surface area contributed by atoms with Gasteiger partial charge in [-0.1, -0.05) is 23.2 Å². The van der Waals surface area contributed by atoms with Crippen LogP contribution in [0.3, 0.4) is 0 Å². The average Bonchev–Trinajstić information content (AvgIpc) is 1.59. The molecule has 0 amide bonds. The van der Waals surface area contributed by atoms with E-state index in [1.54, 1.807) is 0 Å². The molecule has 0 rings (SSSR count). The minimum atomic E-state index is -5.01. The lowest BCUT2D eigenvalue weighted by molar-refractivity contribution is -0.111. The van der Waals surface area contributed by atoms with Crippen LogP contribution >= 0.6 is 34.8 Å². The summed E-state index contributed by atoms with van der Waals surface area (Å²) in [5, 5.41) is -2.09. The molecule has 0 unspecified atom stereocenters. The molecule has 7 heteroatoms. The Morgan fingerprint density at radius 2 is 1.30 bits per heavy atom. The van der Waals surface area contributed by atoms with Gasteiger partial charge in [-0.25, -0.2) is 4.39 Å². The van der Waals surface area contributed by atoms with Gasteiger partial charge in [0.15, 0.2) is 0 Å². The molecule has 0 aromatic rings. The van der Waals surface area contributed by atoms with Gasteiger partial charge in [-0.3, -0.25) is 0 Å². The Morgan fingerprint density at radius 1 is 1.00 bits per heavy atom. The number of rotatable bonds is 1. The van der Waals surface area contributed by atoms with Crippen molar-refractivity contribution in [3.63, 3.8) is 0 Å². The minimum absolute atomic E-state index is 2.09. The molecule has 0 nitrogen and oxygen atoms in total. The third kappa shape index (κ3) is 3.12. The molecule has 10 heavy (non-hydrogen) atoms. The molecule has 0 aromatic carbocycles. The summed E-state index contributed by atoms with van der Waals surface area (Å²) in [6.07, 6.45) is -5.01. The predicted molar refractivity (Wildman–Crippen MR) is 30.7 cm³/mol. The fraction of sp³-hybridized carbons (Fsp3) is 0.667. The van der Waals surface area contributed by atoms with E-state index < -0.39 is 16.1 Å².